The van der Waals surface area contributed by atoms with Crippen molar-refractivity contribution in [1.29, 1.82) is 0 Å². The summed E-state index contributed by atoms with van der Waals surface area (Å²) >= 11 is 0. The van der Waals surface area contributed by atoms with E-state index in [0.29, 0.717) is 39.1 Å². The van der Waals surface area contributed by atoms with Crippen LogP contribution in [-0.4, -0.2) is 65.8 Å². The first-order valence-corrected chi connectivity index (χ1v) is 14.6. The number of hydrogen-bond acceptors (Lipinski definition) is 5. The van der Waals surface area contributed by atoms with Crippen molar-refractivity contribution in [3.05, 3.63) is 71.9 Å². The molecule has 214 valence electrons. The minimum Gasteiger partial charge on any atom is -0.396 e. The summed E-state index contributed by atoms with van der Waals surface area (Å²) in [5.41, 5.74) is 3.33. The molecule has 3 N–H and O–H groups in total. The number of methoxy groups -OCH3 is 1. The number of ether oxygens (including phenoxy) is 1. The maximum absolute atomic E-state index is 14.0. The fourth-order valence-electron chi connectivity index (χ4n) is 5.96. The minimum atomic E-state index is -0.295. The van der Waals surface area contributed by atoms with E-state index in [4.69, 9.17) is 4.74 Å². The molecule has 1 unspecified atom stereocenters. The second-order valence-corrected chi connectivity index (χ2v) is 11.2. The molecule has 1 aliphatic heterocycles. The van der Waals surface area contributed by atoms with Crippen LogP contribution in [0.15, 0.2) is 60.8 Å². The van der Waals surface area contributed by atoms with Crippen molar-refractivity contribution >= 4 is 22.7 Å². The first-order valence-electron chi connectivity index (χ1n) is 14.6. The third-order valence-electron chi connectivity index (χ3n) is 8.24. The van der Waals surface area contributed by atoms with Gasteiger partial charge in [0, 0.05) is 69.6 Å². The Bertz CT molecular complexity index is 1270. The number of aliphatic hydroxyl groups excluding tert-OH is 1. The highest BCUT2D eigenvalue weighted by Gasteiger charge is 2.39. The van der Waals surface area contributed by atoms with Gasteiger partial charge >= 0.3 is 0 Å². The molecule has 3 atom stereocenters. The van der Waals surface area contributed by atoms with Gasteiger partial charge in [-0.1, -0.05) is 48.5 Å². The smallest absolute Gasteiger partial charge is 0.227 e. The van der Waals surface area contributed by atoms with Crippen molar-refractivity contribution in [1.82, 2.24) is 20.1 Å². The van der Waals surface area contributed by atoms with Crippen LogP contribution in [0.4, 0.5) is 0 Å². The van der Waals surface area contributed by atoms with Crippen molar-refractivity contribution < 1.29 is 19.4 Å². The lowest BCUT2D eigenvalue weighted by Crippen LogP contribution is -2.50. The lowest BCUT2D eigenvalue weighted by atomic mass is 9.88. The number of nitrogens with zero attached hydrogens (tertiary/aromatic N) is 2. The Labute approximate surface area is 236 Å². The van der Waals surface area contributed by atoms with E-state index in [0.717, 1.165) is 31.4 Å². The van der Waals surface area contributed by atoms with Crippen LogP contribution in [0.5, 0.6) is 0 Å². The molecule has 8 heteroatoms. The number of nitrogens with one attached hydrogen (secondary N) is 2. The quantitative estimate of drug-likeness (QED) is 0.285. The van der Waals surface area contributed by atoms with Crippen LogP contribution in [0.3, 0.4) is 0 Å². The van der Waals surface area contributed by atoms with Crippen molar-refractivity contribution in [3.63, 3.8) is 0 Å². The monoisotopic (exact) mass is 546 g/mol. The molecule has 1 aromatic heterocycles. The van der Waals surface area contributed by atoms with Gasteiger partial charge in [-0.3, -0.25) is 9.59 Å². The maximum Gasteiger partial charge on any atom is 0.227 e. The summed E-state index contributed by atoms with van der Waals surface area (Å²) in [5, 5.41) is 17.3. The minimum absolute atomic E-state index is 0.0109. The Kier molecular flexibility index (Phi) is 9.52. The summed E-state index contributed by atoms with van der Waals surface area (Å²) in [6.45, 7) is 3.29. The van der Waals surface area contributed by atoms with Crippen LogP contribution >= 0.6 is 0 Å². The lowest BCUT2D eigenvalue weighted by Gasteiger charge is -2.33. The molecular formula is C32H42N4O4. The number of aliphatic hydroxyl groups is 1. The van der Waals surface area contributed by atoms with E-state index in [9.17, 15) is 14.7 Å². The predicted octanol–water partition coefficient (Wildman–Crippen LogP) is 3.63. The molecule has 0 spiro atoms. The van der Waals surface area contributed by atoms with Crippen LogP contribution in [0.1, 0.15) is 49.3 Å². The molecule has 0 bridgehead atoms. The van der Waals surface area contributed by atoms with E-state index in [2.05, 4.69) is 50.6 Å². The first-order chi connectivity index (χ1) is 19.6. The number of carbonyl (C=O) groups is 2. The second kappa shape index (κ2) is 13.4. The molecule has 1 saturated carbocycles. The van der Waals surface area contributed by atoms with Crippen LogP contribution in [-0.2, 0) is 27.4 Å². The normalized spacial score (nSPS) is 19.9. The van der Waals surface area contributed by atoms with Crippen molar-refractivity contribution in [2.75, 3.05) is 33.4 Å². The van der Waals surface area contributed by atoms with Gasteiger partial charge in [0.25, 0.3) is 0 Å². The topological polar surface area (TPSA) is 95.8 Å². The second-order valence-electron chi connectivity index (χ2n) is 11.2. The van der Waals surface area contributed by atoms with Crippen LogP contribution in [0.2, 0.25) is 0 Å². The van der Waals surface area contributed by atoms with E-state index in [1.165, 1.54) is 16.5 Å². The van der Waals surface area contributed by atoms with Gasteiger partial charge in [0.15, 0.2) is 0 Å². The van der Waals surface area contributed by atoms with Crippen molar-refractivity contribution in [3.8, 4) is 0 Å². The molecule has 2 amide bonds. The largest absolute Gasteiger partial charge is 0.396 e. The number of carbonyl (C=O) groups excluding carboxylic acids is 2. The van der Waals surface area contributed by atoms with E-state index >= 15 is 0 Å². The molecule has 2 fully saturated rings. The highest BCUT2D eigenvalue weighted by Crippen LogP contribution is 2.33. The number of aromatic nitrogens is 1. The number of aryl methyl sites for hydroxylation is 1. The lowest BCUT2D eigenvalue weighted by molar-refractivity contribution is -0.138. The summed E-state index contributed by atoms with van der Waals surface area (Å²) in [4.78, 5) is 29.3. The van der Waals surface area contributed by atoms with Gasteiger partial charge in [-0.2, -0.15) is 0 Å². The van der Waals surface area contributed by atoms with Gasteiger partial charge < -0.3 is 29.9 Å². The zero-order chi connectivity index (χ0) is 27.9. The fraction of sp³-hybridized carbons (Fsp3) is 0.500. The number of rotatable bonds is 13. The van der Waals surface area contributed by atoms with Crippen LogP contribution in [0, 0.1) is 11.8 Å². The highest BCUT2D eigenvalue weighted by molar-refractivity contribution is 5.86. The Morgan fingerprint density at radius 3 is 2.60 bits per heavy atom. The van der Waals surface area contributed by atoms with E-state index in [-0.39, 0.29) is 42.3 Å². The standard InChI is InChI=1S/C32H42N4O4/c1-40-17-7-15-35-21-26(28-10-5-6-11-30(28)35)22-36(27-12-13-27)32(39)25-18-24(19-33-20-25)31(38)34-29(14-16-37)23-8-3-2-4-9-23/h2-6,8-11,21,24-25,27,29,33,37H,7,12-20,22H2,1H3,(H,34,38)/t24-,25+,29?/m0/s1. The molecule has 5 rings (SSSR count). The Balaban J connectivity index is 1.27. The summed E-state index contributed by atoms with van der Waals surface area (Å²) in [6.07, 6.45) is 6.17. The molecule has 1 aliphatic carbocycles. The summed E-state index contributed by atoms with van der Waals surface area (Å²) in [6, 6.07) is 18.2. The summed E-state index contributed by atoms with van der Waals surface area (Å²) in [7, 11) is 1.73. The Morgan fingerprint density at radius 2 is 1.85 bits per heavy atom. The fourth-order valence-corrected chi connectivity index (χ4v) is 5.96. The number of para-hydroxylation sites is 1. The molecule has 2 aromatic carbocycles. The van der Waals surface area contributed by atoms with E-state index in [1.54, 1.807) is 7.11 Å². The maximum atomic E-state index is 14.0. The van der Waals surface area contributed by atoms with Gasteiger partial charge in [-0.05, 0) is 49.3 Å². The zero-order valence-corrected chi connectivity index (χ0v) is 23.4. The van der Waals surface area contributed by atoms with Crippen LogP contribution < -0.4 is 10.6 Å². The molecule has 40 heavy (non-hydrogen) atoms. The number of amides is 2. The van der Waals surface area contributed by atoms with E-state index in [1.807, 2.05) is 30.3 Å². The Morgan fingerprint density at radius 1 is 1.10 bits per heavy atom. The van der Waals surface area contributed by atoms with Gasteiger partial charge in [0.2, 0.25) is 11.8 Å². The van der Waals surface area contributed by atoms with Gasteiger partial charge in [0.05, 0.1) is 17.9 Å². The average molecular weight is 547 g/mol. The SMILES string of the molecule is COCCCn1cc(CN(C(=O)[C@H]2CNC[C@@H](C(=O)NC(CCO)c3ccccc3)C2)C2CC2)c2ccccc21. The average Bonchev–Trinajstić information content (AvgIpc) is 3.78. The molecule has 3 aromatic rings. The number of fused-ring (bicyclic) bond motifs is 1. The van der Waals surface area contributed by atoms with Crippen molar-refractivity contribution in [2.24, 2.45) is 11.8 Å². The molecule has 1 saturated heterocycles. The highest BCUT2D eigenvalue weighted by atomic mass is 16.5. The number of hydrogen-bond donors (Lipinski definition) is 3. The van der Waals surface area contributed by atoms with Crippen molar-refractivity contribution in [2.45, 2.75) is 57.3 Å². The molecule has 8 nitrogen and oxygen atoms in total. The van der Waals surface area contributed by atoms with Gasteiger partial charge in [-0.15, -0.1) is 0 Å². The van der Waals surface area contributed by atoms with Crippen LogP contribution in [0.25, 0.3) is 10.9 Å². The zero-order valence-electron chi connectivity index (χ0n) is 23.4. The summed E-state index contributed by atoms with van der Waals surface area (Å²) in [5.74, 6) is -0.465. The Hall–Kier alpha value is -3.20. The molecule has 2 heterocycles. The summed E-state index contributed by atoms with van der Waals surface area (Å²) < 4.78 is 7.53. The third kappa shape index (κ3) is 6.74. The predicted molar refractivity (Wildman–Crippen MR) is 155 cm³/mol. The van der Waals surface area contributed by atoms with Gasteiger partial charge in [-0.25, -0.2) is 0 Å². The molecule has 2 aliphatic rings. The molecule has 0 radical (unpaired) electrons. The number of piperidine rings is 1. The van der Waals surface area contributed by atoms with Gasteiger partial charge in [0.1, 0.15) is 0 Å². The van der Waals surface area contributed by atoms with E-state index < -0.39 is 0 Å². The first kappa shape index (κ1) is 28.3. The molecular weight excluding hydrogens is 504 g/mol. The third-order valence-corrected chi connectivity index (χ3v) is 8.24. The number of benzene rings is 2.